The molecule has 2 bridgehead atoms. The number of hydrogen-bond donors (Lipinski definition) is 0. The van der Waals surface area contributed by atoms with Crippen LogP contribution in [-0.4, -0.2) is 48.1 Å². The Kier molecular flexibility index (Phi) is 4.68. The lowest BCUT2D eigenvalue weighted by molar-refractivity contribution is 0.131. The molecule has 1 amide bonds. The molecule has 0 spiro atoms. The highest BCUT2D eigenvalue weighted by atomic mass is 16.6. The van der Waals surface area contributed by atoms with Gasteiger partial charge in [-0.05, 0) is 61.1 Å². The predicted octanol–water partition coefficient (Wildman–Crippen LogP) is 4.25. The van der Waals surface area contributed by atoms with Crippen molar-refractivity contribution >= 4 is 6.09 Å². The average molecular weight is 350 g/mol. The van der Waals surface area contributed by atoms with Crippen molar-refractivity contribution in [3.05, 3.63) is 53.6 Å². The Balaban J connectivity index is 1.47. The summed E-state index contributed by atoms with van der Waals surface area (Å²) in [7, 11) is 0. The van der Waals surface area contributed by atoms with Crippen molar-refractivity contribution in [2.75, 3.05) is 26.2 Å². The van der Waals surface area contributed by atoms with Crippen LogP contribution in [0.2, 0.25) is 0 Å². The number of benzene rings is 2. The Bertz CT molecular complexity index is 792. The molecule has 4 heteroatoms. The lowest BCUT2D eigenvalue weighted by Gasteiger charge is -2.30. The third-order valence-electron chi connectivity index (χ3n) is 5.86. The first-order chi connectivity index (χ1) is 12.6. The molecule has 3 saturated heterocycles. The van der Waals surface area contributed by atoms with Gasteiger partial charge in [-0.25, -0.2) is 4.79 Å². The van der Waals surface area contributed by atoms with Crippen LogP contribution in [0.3, 0.4) is 0 Å². The lowest BCUT2D eigenvalue weighted by atomic mass is 9.97. The Morgan fingerprint density at radius 1 is 0.962 bits per heavy atom. The summed E-state index contributed by atoms with van der Waals surface area (Å²) < 4.78 is 5.67. The molecule has 0 aliphatic carbocycles. The van der Waals surface area contributed by atoms with Gasteiger partial charge < -0.3 is 14.5 Å². The Morgan fingerprint density at radius 2 is 1.69 bits per heavy atom. The maximum atomic E-state index is 12.6. The highest BCUT2D eigenvalue weighted by molar-refractivity contribution is 5.73. The van der Waals surface area contributed by atoms with Gasteiger partial charge in [0.05, 0.1) is 0 Å². The van der Waals surface area contributed by atoms with Gasteiger partial charge >= 0.3 is 6.09 Å². The highest BCUT2D eigenvalue weighted by Crippen LogP contribution is 2.28. The zero-order chi connectivity index (χ0) is 18.1. The maximum absolute atomic E-state index is 12.6. The van der Waals surface area contributed by atoms with E-state index in [0.29, 0.717) is 11.8 Å². The molecule has 2 aromatic rings. The van der Waals surface area contributed by atoms with Crippen LogP contribution in [0, 0.1) is 13.8 Å². The first kappa shape index (κ1) is 17.1. The quantitative estimate of drug-likeness (QED) is 0.812. The molecule has 26 heavy (non-hydrogen) atoms. The molecule has 0 N–H and O–H groups in total. The van der Waals surface area contributed by atoms with E-state index < -0.39 is 0 Å². The molecule has 5 rings (SSSR count). The Labute approximate surface area is 155 Å². The number of rotatable bonds is 2. The normalized spacial score (nSPS) is 22.2. The van der Waals surface area contributed by atoms with E-state index in [1.807, 2.05) is 29.2 Å². The molecule has 136 valence electrons. The number of nitrogens with zero attached hydrogens (tertiary/aromatic N) is 2. The fraction of sp³-hybridized carbons (Fsp3) is 0.409. The van der Waals surface area contributed by atoms with E-state index in [-0.39, 0.29) is 6.09 Å². The van der Waals surface area contributed by atoms with Crippen LogP contribution < -0.4 is 4.74 Å². The van der Waals surface area contributed by atoms with E-state index >= 15 is 0 Å². The lowest BCUT2D eigenvalue weighted by Crippen LogP contribution is -2.43. The maximum Gasteiger partial charge on any atom is 0.415 e. The number of fused-ring (bicyclic) bond motifs is 4. The van der Waals surface area contributed by atoms with Crippen molar-refractivity contribution in [2.45, 2.75) is 32.7 Å². The summed E-state index contributed by atoms with van der Waals surface area (Å²) in [6.45, 7) is 8.18. The molecule has 3 aliphatic rings. The number of hydrogen-bond acceptors (Lipinski definition) is 3. The molecule has 0 saturated carbocycles. The van der Waals surface area contributed by atoms with E-state index in [2.05, 4.69) is 36.9 Å². The number of carbonyl (C=O) groups is 1. The molecule has 0 atom stereocenters. The standard InChI is InChI=1S/C22H26N2O2/c1-16-4-3-5-21(17(16)2)18-6-8-20(9-7-18)26-22(25)24-15-14-23-12-10-19(24)11-13-23/h3-9,19H,10-15H2,1-2H3. The fourth-order valence-corrected chi connectivity index (χ4v) is 4.05. The second-order valence-electron chi connectivity index (χ2n) is 7.41. The zero-order valence-corrected chi connectivity index (χ0v) is 15.6. The number of ether oxygens (including phenoxy) is 1. The number of piperidine rings is 1. The topological polar surface area (TPSA) is 32.8 Å². The Morgan fingerprint density at radius 3 is 2.42 bits per heavy atom. The number of aryl methyl sites for hydroxylation is 1. The van der Waals surface area contributed by atoms with E-state index in [9.17, 15) is 4.79 Å². The van der Waals surface area contributed by atoms with Gasteiger partial charge in [-0.3, -0.25) is 0 Å². The molecule has 0 unspecified atom stereocenters. The van der Waals surface area contributed by atoms with Crippen LogP contribution in [0.5, 0.6) is 5.75 Å². The Hall–Kier alpha value is -2.33. The number of carbonyl (C=O) groups excluding carboxylic acids is 1. The van der Waals surface area contributed by atoms with Crippen LogP contribution in [0.4, 0.5) is 4.79 Å². The second-order valence-corrected chi connectivity index (χ2v) is 7.41. The third-order valence-corrected chi connectivity index (χ3v) is 5.86. The first-order valence-corrected chi connectivity index (χ1v) is 9.49. The molecule has 0 radical (unpaired) electrons. The van der Waals surface area contributed by atoms with Crippen LogP contribution in [-0.2, 0) is 0 Å². The van der Waals surface area contributed by atoms with Crippen LogP contribution in [0.25, 0.3) is 11.1 Å². The van der Waals surface area contributed by atoms with Crippen molar-refractivity contribution in [3.8, 4) is 16.9 Å². The molecule has 2 aromatic carbocycles. The van der Waals surface area contributed by atoms with Gasteiger partial charge in [0.25, 0.3) is 0 Å². The molecule has 0 aromatic heterocycles. The molecule has 4 nitrogen and oxygen atoms in total. The smallest absolute Gasteiger partial charge is 0.410 e. The summed E-state index contributed by atoms with van der Waals surface area (Å²) in [4.78, 5) is 17.0. The van der Waals surface area contributed by atoms with Gasteiger partial charge in [0, 0.05) is 32.2 Å². The van der Waals surface area contributed by atoms with E-state index in [1.165, 1.54) is 16.7 Å². The van der Waals surface area contributed by atoms with Crippen molar-refractivity contribution in [2.24, 2.45) is 0 Å². The summed E-state index contributed by atoms with van der Waals surface area (Å²) in [5, 5.41) is 0. The first-order valence-electron chi connectivity index (χ1n) is 9.49. The van der Waals surface area contributed by atoms with Crippen LogP contribution in [0.15, 0.2) is 42.5 Å². The average Bonchev–Trinajstić information content (AvgIpc) is 2.99. The summed E-state index contributed by atoms with van der Waals surface area (Å²) in [6.07, 6.45) is 1.90. The molecule has 3 fully saturated rings. The summed E-state index contributed by atoms with van der Waals surface area (Å²) in [6, 6.07) is 14.5. The van der Waals surface area contributed by atoms with E-state index in [1.54, 1.807) is 0 Å². The van der Waals surface area contributed by atoms with Gasteiger partial charge in [-0.1, -0.05) is 30.3 Å². The summed E-state index contributed by atoms with van der Waals surface area (Å²) >= 11 is 0. The van der Waals surface area contributed by atoms with Crippen LogP contribution in [0.1, 0.15) is 24.0 Å². The minimum absolute atomic E-state index is 0.210. The van der Waals surface area contributed by atoms with Crippen molar-refractivity contribution in [1.29, 1.82) is 0 Å². The third kappa shape index (κ3) is 3.34. The van der Waals surface area contributed by atoms with Crippen molar-refractivity contribution in [1.82, 2.24) is 9.80 Å². The van der Waals surface area contributed by atoms with Gasteiger partial charge in [0.1, 0.15) is 5.75 Å². The molecular formula is C22H26N2O2. The predicted molar refractivity (Wildman–Crippen MR) is 104 cm³/mol. The van der Waals surface area contributed by atoms with Crippen molar-refractivity contribution in [3.63, 3.8) is 0 Å². The van der Waals surface area contributed by atoms with Crippen LogP contribution >= 0.6 is 0 Å². The van der Waals surface area contributed by atoms with Gasteiger partial charge in [-0.15, -0.1) is 0 Å². The van der Waals surface area contributed by atoms with E-state index in [4.69, 9.17) is 4.74 Å². The molecular weight excluding hydrogens is 324 g/mol. The number of amides is 1. The van der Waals surface area contributed by atoms with Gasteiger partial charge in [0.15, 0.2) is 0 Å². The zero-order valence-electron chi connectivity index (χ0n) is 15.6. The van der Waals surface area contributed by atoms with Gasteiger partial charge in [-0.2, -0.15) is 0 Å². The minimum atomic E-state index is -0.210. The SMILES string of the molecule is Cc1cccc(-c2ccc(OC(=O)N3CCN4CCC3CC4)cc2)c1C. The summed E-state index contributed by atoms with van der Waals surface area (Å²) in [5.74, 6) is 0.614. The molecule has 3 heterocycles. The largest absolute Gasteiger partial charge is 0.415 e. The van der Waals surface area contributed by atoms with E-state index in [0.717, 1.165) is 44.6 Å². The van der Waals surface area contributed by atoms with Crippen molar-refractivity contribution < 1.29 is 9.53 Å². The molecule has 3 aliphatic heterocycles. The highest BCUT2D eigenvalue weighted by Gasteiger charge is 2.32. The van der Waals surface area contributed by atoms with Gasteiger partial charge in [0.2, 0.25) is 0 Å². The summed E-state index contributed by atoms with van der Waals surface area (Å²) in [5.41, 5.74) is 4.94. The second kappa shape index (κ2) is 7.12. The minimum Gasteiger partial charge on any atom is -0.410 e. The monoisotopic (exact) mass is 350 g/mol. The fourth-order valence-electron chi connectivity index (χ4n) is 4.05.